The first-order valence-corrected chi connectivity index (χ1v) is 27.1. The van der Waals surface area contributed by atoms with Crippen molar-refractivity contribution in [2.75, 3.05) is 10.2 Å². The number of benzene rings is 10. The molecule has 0 heterocycles. The van der Waals surface area contributed by atoms with Crippen molar-refractivity contribution in [3.63, 3.8) is 0 Å². The van der Waals surface area contributed by atoms with E-state index >= 15 is 0 Å². The Hall–Kier alpha value is -9.47. The highest BCUT2D eigenvalue weighted by atomic mass is 19.1. The summed E-state index contributed by atoms with van der Waals surface area (Å²) >= 11 is 0. The van der Waals surface area contributed by atoms with Gasteiger partial charge in [0.25, 0.3) is 11.4 Å². The molecule has 0 aliphatic rings. The molecule has 0 aliphatic heterocycles. The second kappa shape index (κ2) is 25.1. The summed E-state index contributed by atoms with van der Waals surface area (Å²) in [5.41, 5.74) is 14.9. The molecule has 10 rings (SSSR count). The fraction of sp³-hybridized carbons (Fsp3) is 0.167. The number of non-ortho nitro benzene ring substituents is 2. The molecule has 1 N–H and O–H groups in total. The van der Waals surface area contributed by atoms with Crippen molar-refractivity contribution in [3.05, 3.63) is 337 Å². The van der Waals surface area contributed by atoms with Crippen LogP contribution in [-0.2, 0) is 21.7 Å². The van der Waals surface area contributed by atoms with Gasteiger partial charge < -0.3 is 10.2 Å². The quantitative estimate of drug-likeness (QED) is 0.0811. The van der Waals surface area contributed by atoms with E-state index in [1.54, 1.807) is 12.1 Å². The third-order valence-corrected chi connectivity index (χ3v) is 15.5. The van der Waals surface area contributed by atoms with Gasteiger partial charge in [-0.1, -0.05) is 225 Å². The average Bonchev–Trinajstić information content (AvgIpc) is 3.54. The van der Waals surface area contributed by atoms with Crippen LogP contribution in [0.25, 0.3) is 0 Å². The number of hydrogen-bond donors (Lipinski definition) is 1. The fourth-order valence-corrected chi connectivity index (χ4v) is 9.98. The standard InChI is InChI=1S/C36H34N2O2.C30H31N.C6H4FNO2/c1-35(2,27-11-7-5-8-12-27)29-15-19-31(20-16-29)37(33-23-25-34(26-24-33)38(39)40)32-21-17-30(18-22-32)36(3,4)28-13-9-6-10-14-28;1-29(2,23-11-7-5-8-12-23)25-15-19-27(20-16-25)31-28-21-17-26(18-22-28)30(3,4)24-13-9-6-10-14-24;7-5-1-3-6(4-2-5)8(9)10/h5-26H,1-4H3;5-22,31H,1-4H3;1-4H. The van der Waals surface area contributed by atoms with Crippen molar-refractivity contribution in [3.8, 4) is 0 Å². The van der Waals surface area contributed by atoms with E-state index in [0.717, 1.165) is 52.7 Å². The Morgan fingerprint density at radius 2 is 0.519 bits per heavy atom. The summed E-state index contributed by atoms with van der Waals surface area (Å²) in [4.78, 5) is 22.5. The minimum absolute atomic E-state index is 0.0234. The van der Waals surface area contributed by atoms with Gasteiger partial charge in [0.05, 0.1) is 9.85 Å². The van der Waals surface area contributed by atoms with Crippen LogP contribution in [0.2, 0.25) is 0 Å². The lowest BCUT2D eigenvalue weighted by molar-refractivity contribution is -0.385. The molecule has 9 heteroatoms. The number of nitro benzene ring substituents is 2. The summed E-state index contributed by atoms with van der Waals surface area (Å²) in [6.07, 6.45) is 0. The molecule has 0 aromatic heterocycles. The number of hydrogen-bond acceptors (Lipinski definition) is 6. The predicted octanol–water partition coefficient (Wildman–Crippen LogP) is 19.5. The number of nitrogens with zero attached hydrogens (tertiary/aromatic N) is 3. The van der Waals surface area contributed by atoms with E-state index in [9.17, 15) is 24.6 Å². The second-order valence-electron chi connectivity index (χ2n) is 22.2. The van der Waals surface area contributed by atoms with Crippen LogP contribution in [0, 0.1) is 26.0 Å². The van der Waals surface area contributed by atoms with E-state index < -0.39 is 10.7 Å². The van der Waals surface area contributed by atoms with Crippen molar-refractivity contribution >= 4 is 39.8 Å². The second-order valence-corrected chi connectivity index (χ2v) is 22.2. The molecule has 0 saturated heterocycles. The van der Waals surface area contributed by atoms with Gasteiger partial charge in [-0.25, -0.2) is 4.39 Å². The first-order chi connectivity index (χ1) is 38.7. The van der Waals surface area contributed by atoms with E-state index in [4.69, 9.17) is 0 Å². The topological polar surface area (TPSA) is 102 Å². The smallest absolute Gasteiger partial charge is 0.269 e. The highest BCUT2D eigenvalue weighted by Gasteiger charge is 2.27. The lowest BCUT2D eigenvalue weighted by atomic mass is 9.78. The molecular weight excluding hydrogens is 1000 g/mol. The molecular formula is C72H69FN4O4. The highest BCUT2D eigenvalue weighted by molar-refractivity contribution is 5.77. The SMILES string of the molecule is CC(C)(c1ccccc1)c1ccc(N(c2ccc([N+](=O)[O-])cc2)c2ccc(C(C)(C)c3ccccc3)cc2)cc1.CC(C)(c1ccccc1)c1ccc(Nc2ccc(C(C)(C)c3ccccc3)cc2)cc1.O=[N+]([O-])c1ccc(F)cc1. The Labute approximate surface area is 476 Å². The number of nitro groups is 2. The van der Waals surface area contributed by atoms with Crippen LogP contribution in [0.3, 0.4) is 0 Å². The van der Waals surface area contributed by atoms with Crippen LogP contribution in [0.5, 0.6) is 0 Å². The molecule has 0 unspecified atom stereocenters. The average molecular weight is 1070 g/mol. The number of anilines is 5. The third kappa shape index (κ3) is 13.9. The van der Waals surface area contributed by atoms with Gasteiger partial charge in [0.1, 0.15) is 5.82 Å². The molecule has 0 radical (unpaired) electrons. The predicted molar refractivity (Wildman–Crippen MR) is 331 cm³/mol. The van der Waals surface area contributed by atoms with Crippen molar-refractivity contribution < 1.29 is 14.2 Å². The van der Waals surface area contributed by atoms with E-state index in [2.05, 4.69) is 272 Å². The Morgan fingerprint density at radius 1 is 0.309 bits per heavy atom. The molecule has 0 atom stereocenters. The zero-order chi connectivity index (χ0) is 57.8. The Balaban J connectivity index is 0.000000185. The molecule has 81 heavy (non-hydrogen) atoms. The number of rotatable bonds is 15. The van der Waals surface area contributed by atoms with Gasteiger partial charge in [-0.3, -0.25) is 20.2 Å². The van der Waals surface area contributed by atoms with Crippen LogP contribution < -0.4 is 10.2 Å². The van der Waals surface area contributed by atoms with Crippen molar-refractivity contribution in [2.24, 2.45) is 0 Å². The molecule has 0 aliphatic carbocycles. The third-order valence-electron chi connectivity index (χ3n) is 15.5. The zero-order valence-corrected chi connectivity index (χ0v) is 47.3. The van der Waals surface area contributed by atoms with Crippen molar-refractivity contribution in [1.29, 1.82) is 0 Å². The van der Waals surface area contributed by atoms with Gasteiger partial charge in [0.2, 0.25) is 0 Å². The van der Waals surface area contributed by atoms with E-state index in [1.807, 2.05) is 24.3 Å². The molecule has 0 spiro atoms. The molecule has 0 fully saturated rings. The number of nitrogens with one attached hydrogen (secondary N) is 1. The van der Waals surface area contributed by atoms with Crippen LogP contribution in [-0.4, -0.2) is 9.85 Å². The maximum atomic E-state index is 12.1. The van der Waals surface area contributed by atoms with E-state index in [1.165, 1.54) is 44.5 Å². The van der Waals surface area contributed by atoms with Gasteiger partial charge in [-0.05, 0) is 117 Å². The van der Waals surface area contributed by atoms with Crippen LogP contribution >= 0.6 is 0 Å². The maximum Gasteiger partial charge on any atom is 0.269 e. The van der Waals surface area contributed by atoms with E-state index in [-0.39, 0.29) is 38.0 Å². The molecule has 0 amide bonds. The van der Waals surface area contributed by atoms with E-state index in [0.29, 0.717) is 0 Å². The lowest BCUT2D eigenvalue weighted by Crippen LogP contribution is -2.19. The van der Waals surface area contributed by atoms with Crippen LogP contribution in [0.4, 0.5) is 44.2 Å². The molecule has 0 bridgehead atoms. The summed E-state index contributed by atoms with van der Waals surface area (Å²) in [6, 6.07) is 88.2. The highest BCUT2D eigenvalue weighted by Crippen LogP contribution is 2.41. The molecule has 8 nitrogen and oxygen atoms in total. The Kier molecular flexibility index (Phi) is 17.9. The Bertz CT molecular complexity index is 3420. The minimum atomic E-state index is -0.570. The van der Waals surface area contributed by atoms with Gasteiger partial charge in [-0.2, -0.15) is 0 Å². The maximum absolute atomic E-state index is 12.1. The lowest BCUT2D eigenvalue weighted by Gasteiger charge is -2.30. The molecule has 10 aromatic carbocycles. The summed E-state index contributed by atoms with van der Waals surface area (Å²) in [5.74, 6) is -0.467. The van der Waals surface area contributed by atoms with Gasteiger partial charge in [-0.15, -0.1) is 0 Å². The van der Waals surface area contributed by atoms with Crippen molar-refractivity contribution in [2.45, 2.75) is 77.0 Å². The number of halogens is 1. The summed E-state index contributed by atoms with van der Waals surface area (Å²) in [6.45, 7) is 18.0. The van der Waals surface area contributed by atoms with Crippen LogP contribution in [0.1, 0.15) is 99.9 Å². The monoisotopic (exact) mass is 1070 g/mol. The largest absolute Gasteiger partial charge is 0.356 e. The zero-order valence-electron chi connectivity index (χ0n) is 47.3. The summed E-state index contributed by atoms with van der Waals surface area (Å²) < 4.78 is 12.1. The first-order valence-electron chi connectivity index (χ1n) is 27.1. The molecule has 408 valence electrons. The van der Waals surface area contributed by atoms with Crippen LogP contribution in [0.15, 0.2) is 267 Å². The fourth-order valence-electron chi connectivity index (χ4n) is 9.98. The normalized spacial score (nSPS) is 11.5. The van der Waals surface area contributed by atoms with Gasteiger partial charge in [0, 0.05) is 74.4 Å². The minimum Gasteiger partial charge on any atom is -0.356 e. The summed E-state index contributed by atoms with van der Waals surface area (Å²) in [7, 11) is 0. The van der Waals surface area contributed by atoms with Gasteiger partial charge in [0.15, 0.2) is 0 Å². The first kappa shape index (κ1) is 57.7. The van der Waals surface area contributed by atoms with Gasteiger partial charge >= 0.3 is 0 Å². The Morgan fingerprint density at radius 3 is 0.765 bits per heavy atom. The summed E-state index contributed by atoms with van der Waals surface area (Å²) in [5, 5.41) is 24.8. The molecule has 10 aromatic rings. The van der Waals surface area contributed by atoms with Crippen molar-refractivity contribution in [1.82, 2.24) is 0 Å². The molecule has 0 saturated carbocycles.